The lowest BCUT2D eigenvalue weighted by atomic mass is 10.1. The van der Waals surface area contributed by atoms with Gasteiger partial charge in [0.25, 0.3) is 5.91 Å². The summed E-state index contributed by atoms with van der Waals surface area (Å²) in [6, 6.07) is 0.0739. The summed E-state index contributed by atoms with van der Waals surface area (Å²) in [7, 11) is 0. The van der Waals surface area contributed by atoms with E-state index in [9.17, 15) is 4.79 Å². The zero-order valence-electron chi connectivity index (χ0n) is 11.9. The number of hydrogen-bond acceptors (Lipinski definition) is 6. The van der Waals surface area contributed by atoms with Gasteiger partial charge in [0.15, 0.2) is 5.13 Å². The van der Waals surface area contributed by atoms with Crippen LogP contribution < -0.4 is 16.4 Å². The van der Waals surface area contributed by atoms with Crippen LogP contribution in [0, 0.1) is 5.92 Å². The smallest absolute Gasteiger partial charge is 0.265 e. The fourth-order valence-electron chi connectivity index (χ4n) is 1.97. The molecule has 1 aromatic rings. The minimum atomic E-state index is -0.159. The van der Waals surface area contributed by atoms with Crippen LogP contribution in [0.5, 0.6) is 0 Å². The third-order valence-electron chi connectivity index (χ3n) is 3.02. The number of rotatable bonds is 5. The number of thiazole rings is 1. The van der Waals surface area contributed by atoms with Crippen LogP contribution in [0.15, 0.2) is 0 Å². The topological polar surface area (TPSA) is 89.3 Å². The fraction of sp³-hybridized carbons (Fsp3) is 0.692. The lowest BCUT2D eigenvalue weighted by Crippen LogP contribution is -2.40. The molecule has 1 unspecified atom stereocenters. The van der Waals surface area contributed by atoms with Crippen molar-refractivity contribution in [1.29, 1.82) is 0 Å². The number of carbonyl (C=O) groups excluding carboxylic acids is 1. The van der Waals surface area contributed by atoms with Crippen molar-refractivity contribution < 1.29 is 9.53 Å². The zero-order valence-corrected chi connectivity index (χ0v) is 12.8. The summed E-state index contributed by atoms with van der Waals surface area (Å²) in [5.41, 5.74) is 5.82. The zero-order chi connectivity index (χ0) is 14.5. The van der Waals surface area contributed by atoms with Gasteiger partial charge < -0.3 is 21.1 Å². The highest BCUT2D eigenvalue weighted by Gasteiger charge is 2.21. The largest absolute Gasteiger partial charge is 0.382 e. The molecule has 1 aliphatic rings. The number of aromatic nitrogens is 1. The maximum atomic E-state index is 12.2. The van der Waals surface area contributed by atoms with Crippen molar-refractivity contribution in [2.45, 2.75) is 32.7 Å². The number of nitrogens with zero attached hydrogens (tertiary/aromatic N) is 1. The summed E-state index contributed by atoms with van der Waals surface area (Å²) in [6.45, 7) is 6.38. The molecule has 1 aliphatic heterocycles. The molecule has 0 saturated carbocycles. The number of nitrogens with one attached hydrogen (secondary N) is 2. The van der Waals surface area contributed by atoms with Crippen molar-refractivity contribution in [3.8, 4) is 0 Å². The minimum Gasteiger partial charge on any atom is -0.382 e. The minimum absolute atomic E-state index is 0.0739. The molecule has 0 aliphatic carbocycles. The van der Waals surface area contributed by atoms with Crippen molar-refractivity contribution in [1.82, 2.24) is 10.3 Å². The van der Waals surface area contributed by atoms with Crippen molar-refractivity contribution in [3.63, 3.8) is 0 Å². The van der Waals surface area contributed by atoms with Gasteiger partial charge in [0, 0.05) is 13.2 Å². The summed E-state index contributed by atoms with van der Waals surface area (Å²) < 4.78 is 5.35. The van der Waals surface area contributed by atoms with Gasteiger partial charge in [0.1, 0.15) is 10.7 Å². The predicted molar refractivity (Wildman–Crippen MR) is 81.2 cm³/mol. The highest BCUT2D eigenvalue weighted by molar-refractivity contribution is 7.18. The van der Waals surface area contributed by atoms with Gasteiger partial charge in [-0.15, -0.1) is 0 Å². The third kappa shape index (κ3) is 4.08. The first kappa shape index (κ1) is 15.1. The maximum absolute atomic E-state index is 12.2. The molecule has 112 valence electrons. The Morgan fingerprint density at radius 3 is 3.05 bits per heavy atom. The normalized spacial score (nSPS) is 19.1. The molecule has 0 radical (unpaired) electrons. The fourth-order valence-corrected chi connectivity index (χ4v) is 2.76. The van der Waals surface area contributed by atoms with E-state index in [-0.39, 0.29) is 17.8 Å². The Morgan fingerprint density at radius 2 is 2.40 bits per heavy atom. The summed E-state index contributed by atoms with van der Waals surface area (Å²) in [5.74, 6) is 0.639. The first-order chi connectivity index (χ1) is 9.56. The number of hydrogen-bond donors (Lipinski definition) is 3. The summed E-state index contributed by atoms with van der Waals surface area (Å²) in [5, 5.41) is 6.84. The molecular weight excluding hydrogens is 276 g/mol. The van der Waals surface area contributed by atoms with Crippen LogP contribution in [0.2, 0.25) is 0 Å². The molecule has 1 aromatic heterocycles. The van der Waals surface area contributed by atoms with Crippen LogP contribution in [0.3, 0.4) is 0 Å². The second kappa shape index (κ2) is 6.90. The van der Waals surface area contributed by atoms with E-state index in [1.807, 2.05) is 0 Å². The molecule has 2 rings (SSSR count). The molecule has 0 aromatic carbocycles. The lowest BCUT2D eigenvalue weighted by molar-refractivity contribution is 0.0626. The molecule has 0 bridgehead atoms. The predicted octanol–water partition coefficient (Wildman–Crippen LogP) is 1.70. The van der Waals surface area contributed by atoms with Crippen LogP contribution in [0.4, 0.5) is 10.9 Å². The second-order valence-corrected chi connectivity index (χ2v) is 6.39. The van der Waals surface area contributed by atoms with E-state index in [4.69, 9.17) is 10.5 Å². The van der Waals surface area contributed by atoms with Gasteiger partial charge in [-0.1, -0.05) is 25.2 Å². The van der Waals surface area contributed by atoms with Gasteiger partial charge in [-0.05, 0) is 18.8 Å². The van der Waals surface area contributed by atoms with E-state index in [1.54, 1.807) is 0 Å². The van der Waals surface area contributed by atoms with E-state index >= 15 is 0 Å². The maximum Gasteiger partial charge on any atom is 0.265 e. The average Bonchev–Trinajstić information content (AvgIpc) is 2.79. The van der Waals surface area contributed by atoms with E-state index in [0.29, 0.717) is 22.5 Å². The van der Waals surface area contributed by atoms with Crippen molar-refractivity contribution in [2.24, 2.45) is 5.92 Å². The SMILES string of the molecule is CC(C)CNc1nc(N)c(C(=O)NC2CCCOC2)s1. The summed E-state index contributed by atoms with van der Waals surface area (Å²) in [4.78, 5) is 16.8. The van der Waals surface area contributed by atoms with Crippen LogP contribution >= 0.6 is 11.3 Å². The number of amides is 1. The summed E-state index contributed by atoms with van der Waals surface area (Å²) >= 11 is 1.30. The van der Waals surface area contributed by atoms with Gasteiger partial charge in [0.05, 0.1) is 12.6 Å². The third-order valence-corrected chi connectivity index (χ3v) is 4.04. The van der Waals surface area contributed by atoms with E-state index < -0.39 is 0 Å². The Kier molecular flexibility index (Phi) is 5.19. The highest BCUT2D eigenvalue weighted by atomic mass is 32.1. The molecule has 6 nitrogen and oxygen atoms in total. The summed E-state index contributed by atoms with van der Waals surface area (Å²) in [6.07, 6.45) is 1.92. The molecule has 4 N–H and O–H groups in total. The van der Waals surface area contributed by atoms with Gasteiger partial charge in [-0.25, -0.2) is 4.98 Å². The first-order valence-corrected chi connectivity index (χ1v) is 7.76. The van der Waals surface area contributed by atoms with Gasteiger partial charge in [-0.3, -0.25) is 4.79 Å². The van der Waals surface area contributed by atoms with Crippen molar-refractivity contribution in [2.75, 3.05) is 30.8 Å². The van der Waals surface area contributed by atoms with Gasteiger partial charge >= 0.3 is 0 Å². The Morgan fingerprint density at radius 1 is 1.60 bits per heavy atom. The molecule has 20 heavy (non-hydrogen) atoms. The highest BCUT2D eigenvalue weighted by Crippen LogP contribution is 2.25. The lowest BCUT2D eigenvalue weighted by Gasteiger charge is -2.22. The number of carbonyl (C=O) groups is 1. The van der Waals surface area contributed by atoms with Crippen molar-refractivity contribution in [3.05, 3.63) is 4.88 Å². The molecule has 2 heterocycles. The van der Waals surface area contributed by atoms with Crippen LogP contribution in [-0.2, 0) is 4.74 Å². The van der Waals surface area contributed by atoms with Gasteiger partial charge in [0.2, 0.25) is 0 Å². The van der Waals surface area contributed by atoms with Crippen LogP contribution in [0.25, 0.3) is 0 Å². The average molecular weight is 298 g/mol. The second-order valence-electron chi connectivity index (χ2n) is 5.40. The first-order valence-electron chi connectivity index (χ1n) is 6.95. The van der Waals surface area contributed by atoms with E-state index in [2.05, 4.69) is 29.5 Å². The monoisotopic (exact) mass is 298 g/mol. The number of ether oxygens (including phenoxy) is 1. The Balaban J connectivity index is 1.94. The molecular formula is C13H22N4O2S. The molecule has 0 spiro atoms. The molecule has 1 fully saturated rings. The molecule has 1 amide bonds. The molecule has 1 saturated heterocycles. The Labute approximate surface area is 123 Å². The number of nitrogens with two attached hydrogens (primary N) is 1. The van der Waals surface area contributed by atoms with E-state index in [1.165, 1.54) is 11.3 Å². The van der Waals surface area contributed by atoms with Crippen LogP contribution in [-0.4, -0.2) is 36.7 Å². The van der Waals surface area contributed by atoms with E-state index in [0.717, 1.165) is 26.0 Å². The Bertz CT molecular complexity index is 455. The molecule has 7 heteroatoms. The van der Waals surface area contributed by atoms with Crippen molar-refractivity contribution >= 4 is 28.2 Å². The number of anilines is 2. The number of nitrogen functional groups attached to an aromatic ring is 1. The standard InChI is InChI=1S/C13H22N4O2S/c1-8(2)6-15-13-17-11(14)10(20-13)12(18)16-9-4-3-5-19-7-9/h8-9H,3-7,14H2,1-2H3,(H,15,17)(H,16,18). The quantitative estimate of drug-likeness (QED) is 0.770. The van der Waals surface area contributed by atoms with Crippen LogP contribution in [0.1, 0.15) is 36.4 Å². The Hall–Kier alpha value is -1.34. The van der Waals surface area contributed by atoms with Gasteiger partial charge in [-0.2, -0.15) is 0 Å². The molecule has 1 atom stereocenters.